The first-order chi connectivity index (χ1) is 12.6. The predicted octanol–water partition coefficient (Wildman–Crippen LogP) is 2.87. The highest BCUT2D eigenvalue weighted by Gasteiger charge is 2.34. The number of nitrogens with zero attached hydrogens (tertiary/aromatic N) is 5. The number of rotatable bonds is 2. The monoisotopic (exact) mass is 371 g/mol. The lowest BCUT2D eigenvalue weighted by Gasteiger charge is -2.39. The summed E-state index contributed by atoms with van der Waals surface area (Å²) in [7, 11) is 1.69. The summed E-state index contributed by atoms with van der Waals surface area (Å²) in [5.41, 5.74) is 1.75. The highest BCUT2D eigenvalue weighted by atomic mass is 16.2. The summed E-state index contributed by atoms with van der Waals surface area (Å²) in [5, 5.41) is 0. The molecule has 0 aliphatic heterocycles. The van der Waals surface area contributed by atoms with E-state index in [9.17, 15) is 9.59 Å². The summed E-state index contributed by atoms with van der Waals surface area (Å²) in [4.78, 5) is 30.2. The molecule has 0 amide bonds. The first kappa shape index (κ1) is 18.1. The lowest BCUT2D eigenvalue weighted by Crippen LogP contribution is -2.38. The van der Waals surface area contributed by atoms with Gasteiger partial charge in [-0.05, 0) is 44.4 Å². The minimum Gasteiger partial charge on any atom is -0.311 e. The van der Waals surface area contributed by atoms with E-state index in [2.05, 4.69) is 32.3 Å². The van der Waals surface area contributed by atoms with Crippen LogP contribution in [0.5, 0.6) is 0 Å². The third kappa shape index (κ3) is 2.58. The van der Waals surface area contributed by atoms with Crippen LogP contribution in [0.2, 0.25) is 0 Å². The van der Waals surface area contributed by atoms with Gasteiger partial charge in [0, 0.05) is 31.5 Å². The summed E-state index contributed by atoms with van der Waals surface area (Å²) >= 11 is 0. The molecule has 3 aromatic heterocycles. The molecule has 0 unspecified atom stereocenters. The van der Waals surface area contributed by atoms with Crippen molar-refractivity contribution in [3.63, 3.8) is 0 Å². The molecule has 1 aliphatic carbocycles. The molecule has 1 saturated carbocycles. The Morgan fingerprint density at radius 1 is 1.26 bits per heavy atom. The zero-order valence-electron chi connectivity index (χ0n) is 17.1. The van der Waals surface area contributed by atoms with Crippen molar-refractivity contribution in [2.45, 2.75) is 66.5 Å². The van der Waals surface area contributed by atoms with E-state index in [1.807, 2.05) is 17.5 Å². The quantitative estimate of drug-likeness (QED) is 0.696. The Morgan fingerprint density at radius 2 is 1.96 bits per heavy atom. The van der Waals surface area contributed by atoms with E-state index in [0.29, 0.717) is 29.7 Å². The fraction of sp³-hybridized carbons (Fsp3) is 0.650. The van der Waals surface area contributed by atoms with E-state index in [1.54, 1.807) is 7.05 Å². The van der Waals surface area contributed by atoms with Gasteiger partial charge >= 0.3 is 5.69 Å². The van der Waals surface area contributed by atoms with E-state index >= 15 is 0 Å². The Bertz CT molecular complexity index is 1160. The van der Waals surface area contributed by atoms with Crippen molar-refractivity contribution in [2.75, 3.05) is 0 Å². The van der Waals surface area contributed by atoms with E-state index in [0.717, 1.165) is 24.3 Å². The van der Waals surface area contributed by atoms with E-state index in [1.165, 1.54) is 15.6 Å². The van der Waals surface area contributed by atoms with Crippen LogP contribution in [-0.2, 0) is 13.6 Å². The minimum atomic E-state index is -0.313. The van der Waals surface area contributed by atoms with Gasteiger partial charge in [0.05, 0.1) is 0 Å². The van der Waals surface area contributed by atoms with Crippen molar-refractivity contribution in [2.24, 2.45) is 18.4 Å². The average Bonchev–Trinajstić information content (AvgIpc) is 3.05. The Balaban J connectivity index is 2.02. The van der Waals surface area contributed by atoms with Gasteiger partial charge in [0.2, 0.25) is 5.78 Å². The number of fused-ring (bicyclic) bond motifs is 3. The van der Waals surface area contributed by atoms with Crippen LogP contribution in [-0.4, -0.2) is 23.1 Å². The summed E-state index contributed by atoms with van der Waals surface area (Å²) in [5.74, 6) is 1.41. The van der Waals surface area contributed by atoms with E-state index < -0.39 is 0 Å². The van der Waals surface area contributed by atoms with Gasteiger partial charge < -0.3 is 4.57 Å². The maximum Gasteiger partial charge on any atom is 0.332 e. The van der Waals surface area contributed by atoms with Crippen LogP contribution >= 0.6 is 0 Å². The van der Waals surface area contributed by atoms with Gasteiger partial charge in [-0.2, -0.15) is 4.98 Å². The summed E-state index contributed by atoms with van der Waals surface area (Å²) in [6, 6.07) is 0.350. The molecule has 146 valence electrons. The van der Waals surface area contributed by atoms with Crippen LogP contribution in [0, 0.1) is 18.3 Å². The minimum absolute atomic E-state index is 0.266. The van der Waals surface area contributed by atoms with Gasteiger partial charge in [0.25, 0.3) is 5.56 Å². The second-order valence-electron chi connectivity index (χ2n) is 9.05. The summed E-state index contributed by atoms with van der Waals surface area (Å²) in [6.07, 6.45) is 5.41. The van der Waals surface area contributed by atoms with Crippen LogP contribution in [0.3, 0.4) is 0 Å². The van der Waals surface area contributed by atoms with Crippen molar-refractivity contribution in [1.29, 1.82) is 0 Å². The SMILES string of the molecule is CCn1c(=O)c2c(nc3n([C@H]4C[C@H](C)CC(C)(C)C4)c(C)cn23)n(C)c1=O. The average molecular weight is 371 g/mol. The molecule has 0 saturated heterocycles. The predicted molar refractivity (Wildman–Crippen MR) is 106 cm³/mol. The normalized spacial score (nSPS) is 22.7. The molecule has 0 N–H and O–H groups in total. The topological polar surface area (TPSA) is 66.2 Å². The van der Waals surface area contributed by atoms with Crippen LogP contribution in [0.15, 0.2) is 15.8 Å². The second kappa shape index (κ2) is 5.84. The van der Waals surface area contributed by atoms with Gasteiger partial charge in [0.15, 0.2) is 11.2 Å². The first-order valence-corrected chi connectivity index (χ1v) is 9.84. The first-order valence-electron chi connectivity index (χ1n) is 9.84. The highest BCUT2D eigenvalue weighted by Crippen LogP contribution is 2.44. The molecular formula is C20H29N5O2. The number of hydrogen-bond donors (Lipinski definition) is 0. The zero-order valence-corrected chi connectivity index (χ0v) is 17.1. The van der Waals surface area contributed by atoms with Crippen LogP contribution in [0.1, 0.15) is 58.7 Å². The van der Waals surface area contributed by atoms with Gasteiger partial charge in [0.1, 0.15) is 0 Å². The van der Waals surface area contributed by atoms with Crippen LogP contribution < -0.4 is 11.2 Å². The second-order valence-corrected chi connectivity index (χ2v) is 9.05. The Labute approximate surface area is 158 Å². The lowest BCUT2D eigenvalue weighted by molar-refractivity contribution is 0.138. The third-order valence-electron chi connectivity index (χ3n) is 6.11. The molecule has 0 radical (unpaired) electrons. The number of imidazole rings is 2. The molecule has 1 aliphatic rings. The van der Waals surface area contributed by atoms with Gasteiger partial charge in [-0.25, -0.2) is 4.79 Å². The molecule has 4 rings (SSSR count). The van der Waals surface area contributed by atoms with Crippen molar-refractivity contribution in [3.8, 4) is 0 Å². The third-order valence-corrected chi connectivity index (χ3v) is 6.11. The maximum atomic E-state index is 12.9. The zero-order chi connectivity index (χ0) is 19.7. The standard InChI is InChI=1S/C20H29N5O2/c1-7-23-17(26)15-16(22(6)19(23)27)21-18-24(15)11-13(3)25(18)14-8-12(2)9-20(4,5)10-14/h11-12,14H,7-10H2,1-6H3/t12-,14-/m0/s1. The molecule has 7 nitrogen and oxygen atoms in total. The van der Waals surface area contributed by atoms with Gasteiger partial charge in [-0.15, -0.1) is 0 Å². The number of aromatic nitrogens is 5. The molecule has 0 aromatic carbocycles. The molecule has 0 spiro atoms. The van der Waals surface area contributed by atoms with Crippen molar-refractivity contribution < 1.29 is 0 Å². The molecular weight excluding hydrogens is 342 g/mol. The molecule has 1 fully saturated rings. The Hall–Kier alpha value is -2.31. The van der Waals surface area contributed by atoms with E-state index in [4.69, 9.17) is 4.98 Å². The van der Waals surface area contributed by atoms with Gasteiger partial charge in [-0.3, -0.25) is 18.3 Å². The number of aryl methyl sites for hydroxylation is 2. The Morgan fingerprint density at radius 3 is 2.59 bits per heavy atom. The van der Waals surface area contributed by atoms with Gasteiger partial charge in [-0.1, -0.05) is 20.8 Å². The maximum absolute atomic E-state index is 12.9. The molecule has 27 heavy (non-hydrogen) atoms. The highest BCUT2D eigenvalue weighted by molar-refractivity contribution is 5.75. The molecule has 3 aromatic rings. The van der Waals surface area contributed by atoms with Crippen molar-refractivity contribution >= 4 is 16.9 Å². The molecule has 7 heteroatoms. The fourth-order valence-corrected chi connectivity index (χ4v) is 5.25. The smallest absolute Gasteiger partial charge is 0.311 e. The molecule has 2 atom stereocenters. The molecule has 0 bridgehead atoms. The number of hydrogen-bond acceptors (Lipinski definition) is 3. The van der Waals surface area contributed by atoms with Crippen molar-refractivity contribution in [1.82, 2.24) is 23.1 Å². The van der Waals surface area contributed by atoms with Crippen LogP contribution in [0.4, 0.5) is 0 Å². The summed E-state index contributed by atoms with van der Waals surface area (Å²) < 4.78 is 6.91. The van der Waals surface area contributed by atoms with Crippen LogP contribution in [0.25, 0.3) is 16.9 Å². The van der Waals surface area contributed by atoms with Crippen molar-refractivity contribution in [3.05, 3.63) is 32.7 Å². The molecule has 3 heterocycles. The summed E-state index contributed by atoms with van der Waals surface area (Å²) in [6.45, 7) is 11.2. The fourth-order valence-electron chi connectivity index (χ4n) is 5.25. The lowest BCUT2D eigenvalue weighted by atomic mass is 9.70. The van der Waals surface area contributed by atoms with E-state index in [-0.39, 0.29) is 16.7 Å². The largest absolute Gasteiger partial charge is 0.332 e. The Kier molecular flexibility index (Phi) is 3.91.